The lowest BCUT2D eigenvalue weighted by molar-refractivity contribution is -0.124. The lowest BCUT2D eigenvalue weighted by Gasteiger charge is -2.03. The van der Waals surface area contributed by atoms with E-state index >= 15 is 0 Å². The van der Waals surface area contributed by atoms with E-state index in [1.807, 2.05) is 0 Å². The second-order valence-electron chi connectivity index (χ2n) is 2.31. The Morgan fingerprint density at radius 1 is 1.50 bits per heavy atom. The van der Waals surface area contributed by atoms with E-state index in [0.29, 0.717) is 6.42 Å². The van der Waals surface area contributed by atoms with Gasteiger partial charge in [-0.2, -0.15) is 0 Å². The highest BCUT2D eigenvalue weighted by atomic mass is 16.1. The van der Waals surface area contributed by atoms with Gasteiger partial charge in [0, 0.05) is 12.8 Å². The Morgan fingerprint density at radius 2 is 2.00 bits per heavy atom. The van der Waals surface area contributed by atoms with Crippen molar-refractivity contribution in [3.8, 4) is 0 Å². The van der Waals surface area contributed by atoms with E-state index in [0.717, 1.165) is 0 Å². The van der Waals surface area contributed by atoms with Crippen LogP contribution >= 0.6 is 0 Å². The van der Waals surface area contributed by atoms with Crippen LogP contribution in [0.3, 0.4) is 0 Å². The van der Waals surface area contributed by atoms with E-state index in [9.17, 15) is 9.59 Å². The van der Waals surface area contributed by atoms with Gasteiger partial charge in [-0.05, 0) is 6.92 Å². The van der Waals surface area contributed by atoms with E-state index in [1.54, 1.807) is 6.92 Å². The first kappa shape index (κ1) is 9.30. The standard InChI is InChI=1S/C7H13NO2/c1-3-6(10)4-7(8)5(2)9/h7H,3-4,8H2,1-2H3/t7-/m1/s1. The molecule has 1 atom stereocenters. The van der Waals surface area contributed by atoms with Gasteiger partial charge in [-0.15, -0.1) is 0 Å². The van der Waals surface area contributed by atoms with Crippen molar-refractivity contribution >= 4 is 11.6 Å². The predicted octanol–water partition coefficient (Wildman–Crippen LogP) is 0.272. The fourth-order valence-corrected chi connectivity index (χ4v) is 0.533. The van der Waals surface area contributed by atoms with Crippen molar-refractivity contribution in [1.82, 2.24) is 0 Å². The van der Waals surface area contributed by atoms with Crippen molar-refractivity contribution in [2.45, 2.75) is 32.7 Å². The molecule has 0 aromatic carbocycles. The van der Waals surface area contributed by atoms with Gasteiger partial charge in [0.15, 0.2) is 0 Å². The summed E-state index contributed by atoms with van der Waals surface area (Å²) in [5, 5.41) is 0. The van der Waals surface area contributed by atoms with E-state index in [2.05, 4.69) is 0 Å². The molecule has 2 N–H and O–H groups in total. The zero-order chi connectivity index (χ0) is 8.15. The average molecular weight is 143 g/mol. The molecule has 0 spiro atoms. The third kappa shape index (κ3) is 3.35. The van der Waals surface area contributed by atoms with Crippen LogP contribution in [0, 0.1) is 0 Å². The van der Waals surface area contributed by atoms with Crippen molar-refractivity contribution in [1.29, 1.82) is 0 Å². The maximum absolute atomic E-state index is 10.7. The molecule has 0 aromatic heterocycles. The monoisotopic (exact) mass is 143 g/mol. The van der Waals surface area contributed by atoms with E-state index in [1.165, 1.54) is 6.92 Å². The van der Waals surface area contributed by atoms with Crippen molar-refractivity contribution in [3.63, 3.8) is 0 Å². The number of nitrogens with two attached hydrogens (primary N) is 1. The smallest absolute Gasteiger partial charge is 0.146 e. The Morgan fingerprint density at radius 3 is 2.30 bits per heavy atom. The summed E-state index contributed by atoms with van der Waals surface area (Å²) in [6.07, 6.45) is 0.646. The van der Waals surface area contributed by atoms with Crippen LogP contribution in [0.2, 0.25) is 0 Å². The molecule has 0 radical (unpaired) electrons. The first-order valence-corrected chi connectivity index (χ1v) is 3.35. The molecule has 0 amide bonds. The third-order valence-corrected chi connectivity index (χ3v) is 1.36. The molecule has 0 aliphatic heterocycles. The summed E-state index contributed by atoms with van der Waals surface area (Å²) in [6.45, 7) is 3.16. The minimum absolute atomic E-state index is 0.0442. The third-order valence-electron chi connectivity index (χ3n) is 1.36. The van der Waals surface area contributed by atoms with Gasteiger partial charge in [0.05, 0.1) is 6.04 Å². The van der Waals surface area contributed by atoms with Crippen LogP contribution in [0.4, 0.5) is 0 Å². The number of hydrogen-bond acceptors (Lipinski definition) is 3. The molecular weight excluding hydrogens is 130 g/mol. The SMILES string of the molecule is CCC(=O)C[C@@H](N)C(C)=O. The lowest BCUT2D eigenvalue weighted by atomic mass is 10.1. The van der Waals surface area contributed by atoms with Crippen molar-refractivity contribution < 1.29 is 9.59 Å². The van der Waals surface area contributed by atoms with E-state index in [4.69, 9.17) is 5.73 Å². The van der Waals surface area contributed by atoms with Crippen LogP contribution in [0.1, 0.15) is 26.7 Å². The Hall–Kier alpha value is -0.700. The van der Waals surface area contributed by atoms with Gasteiger partial charge >= 0.3 is 0 Å². The Balaban J connectivity index is 3.68. The number of hydrogen-bond donors (Lipinski definition) is 1. The molecule has 0 saturated carbocycles. The van der Waals surface area contributed by atoms with Gasteiger partial charge in [-0.3, -0.25) is 9.59 Å². The summed E-state index contributed by atoms with van der Waals surface area (Å²) < 4.78 is 0. The molecule has 0 saturated heterocycles. The fourth-order valence-electron chi connectivity index (χ4n) is 0.533. The molecule has 0 fully saturated rings. The summed E-state index contributed by atoms with van der Waals surface area (Å²) in [7, 11) is 0. The Bertz CT molecular complexity index is 143. The number of rotatable bonds is 4. The molecule has 58 valence electrons. The second kappa shape index (κ2) is 4.17. The minimum Gasteiger partial charge on any atom is -0.321 e. The van der Waals surface area contributed by atoms with Crippen LogP contribution in [0.5, 0.6) is 0 Å². The molecule has 0 bridgehead atoms. The molecule has 0 heterocycles. The van der Waals surface area contributed by atoms with Crippen LogP contribution < -0.4 is 5.73 Å². The second-order valence-corrected chi connectivity index (χ2v) is 2.31. The van der Waals surface area contributed by atoms with Crippen molar-refractivity contribution in [2.24, 2.45) is 5.73 Å². The Labute approximate surface area is 60.6 Å². The molecule has 0 rings (SSSR count). The number of carbonyl (C=O) groups is 2. The highest BCUT2D eigenvalue weighted by molar-refractivity contribution is 5.88. The highest BCUT2D eigenvalue weighted by Gasteiger charge is 2.11. The highest BCUT2D eigenvalue weighted by Crippen LogP contribution is 1.94. The van der Waals surface area contributed by atoms with Gasteiger partial charge < -0.3 is 5.73 Å². The molecule has 0 aromatic rings. The molecular formula is C7H13NO2. The van der Waals surface area contributed by atoms with Crippen LogP contribution in [-0.2, 0) is 9.59 Å². The number of ketones is 2. The largest absolute Gasteiger partial charge is 0.321 e. The van der Waals surface area contributed by atoms with Gasteiger partial charge in [-0.25, -0.2) is 0 Å². The average Bonchev–Trinajstić information content (AvgIpc) is 1.87. The normalized spacial score (nSPS) is 12.7. The van der Waals surface area contributed by atoms with Gasteiger partial charge in [0.25, 0.3) is 0 Å². The van der Waals surface area contributed by atoms with Crippen LogP contribution in [0.15, 0.2) is 0 Å². The van der Waals surface area contributed by atoms with E-state index < -0.39 is 6.04 Å². The number of Topliss-reactive ketones (excluding diaryl/α,β-unsaturated/α-hetero) is 2. The molecule has 0 unspecified atom stereocenters. The molecule has 3 heteroatoms. The molecule has 10 heavy (non-hydrogen) atoms. The topological polar surface area (TPSA) is 60.2 Å². The maximum atomic E-state index is 10.7. The summed E-state index contributed by atoms with van der Waals surface area (Å²) in [4.78, 5) is 21.2. The minimum atomic E-state index is -0.590. The molecule has 3 nitrogen and oxygen atoms in total. The first-order chi connectivity index (χ1) is 4.57. The zero-order valence-corrected chi connectivity index (χ0v) is 6.39. The lowest BCUT2D eigenvalue weighted by Crippen LogP contribution is -2.30. The van der Waals surface area contributed by atoms with Crippen molar-refractivity contribution in [3.05, 3.63) is 0 Å². The fraction of sp³-hybridized carbons (Fsp3) is 0.714. The summed E-state index contributed by atoms with van der Waals surface area (Å²) >= 11 is 0. The van der Waals surface area contributed by atoms with Gasteiger partial charge in [0.2, 0.25) is 0 Å². The first-order valence-electron chi connectivity index (χ1n) is 3.35. The summed E-state index contributed by atoms with van der Waals surface area (Å²) in [5.74, 6) is -0.0792. The maximum Gasteiger partial charge on any atom is 0.146 e. The Kier molecular flexibility index (Phi) is 3.88. The summed E-state index contributed by atoms with van der Waals surface area (Å²) in [6, 6.07) is -0.590. The van der Waals surface area contributed by atoms with Gasteiger partial charge in [-0.1, -0.05) is 6.92 Å². The van der Waals surface area contributed by atoms with Crippen LogP contribution in [0.25, 0.3) is 0 Å². The number of carbonyl (C=O) groups excluding carboxylic acids is 2. The predicted molar refractivity (Wildman–Crippen MR) is 38.6 cm³/mol. The van der Waals surface area contributed by atoms with Crippen molar-refractivity contribution in [2.75, 3.05) is 0 Å². The van der Waals surface area contributed by atoms with E-state index in [-0.39, 0.29) is 18.0 Å². The zero-order valence-electron chi connectivity index (χ0n) is 6.39. The molecule has 0 aliphatic rings. The van der Waals surface area contributed by atoms with Crippen LogP contribution in [-0.4, -0.2) is 17.6 Å². The van der Waals surface area contributed by atoms with Gasteiger partial charge in [0.1, 0.15) is 11.6 Å². The quantitative estimate of drug-likeness (QED) is 0.614. The molecule has 0 aliphatic carbocycles. The summed E-state index contributed by atoms with van der Waals surface area (Å²) in [5.41, 5.74) is 5.32.